The molecule has 0 saturated heterocycles. The summed E-state index contributed by atoms with van der Waals surface area (Å²) in [4.78, 5) is 21.5. The van der Waals surface area contributed by atoms with E-state index in [0.29, 0.717) is 0 Å². The molecule has 0 aliphatic carbocycles. The minimum Gasteiger partial charge on any atom is -0.437 e. The molecular weight excluding hydrogens is 207 g/mol. The van der Waals surface area contributed by atoms with Gasteiger partial charge in [-0.25, -0.2) is 4.79 Å². The van der Waals surface area contributed by atoms with Crippen LogP contribution in [-0.2, 0) is 19.1 Å². The highest BCUT2D eigenvalue weighted by atomic mass is 35.5. The second kappa shape index (κ2) is 6.22. The van der Waals surface area contributed by atoms with Gasteiger partial charge in [0.25, 0.3) is 0 Å². The smallest absolute Gasteiger partial charge is 0.333 e. The molecule has 0 saturated carbocycles. The van der Waals surface area contributed by atoms with Crippen LogP contribution in [0.3, 0.4) is 0 Å². The Kier molecular flexibility index (Phi) is 6.06. The topological polar surface area (TPSA) is 52.6 Å². The number of methoxy groups -OCH3 is 1. The first-order valence-electron chi connectivity index (χ1n) is 3.01. The number of carbonyl (C=O) groups excluding carboxylic acids is 2. The monoisotopic (exact) mass is 214 g/mol. The molecule has 0 aromatic carbocycles. The summed E-state index contributed by atoms with van der Waals surface area (Å²) in [6.45, 7) is -0.225. The van der Waals surface area contributed by atoms with Gasteiger partial charge < -0.3 is 9.47 Å². The maximum Gasteiger partial charge on any atom is 0.333 e. The average Bonchev–Trinajstić information content (AvgIpc) is 2.11. The van der Waals surface area contributed by atoms with E-state index >= 15 is 0 Å². The van der Waals surface area contributed by atoms with Crippen LogP contribution in [0.25, 0.3) is 0 Å². The molecule has 0 aromatic heterocycles. The molecule has 4 nitrogen and oxygen atoms in total. The van der Waals surface area contributed by atoms with Crippen molar-refractivity contribution >= 4 is 35.0 Å². The maximum absolute atomic E-state index is 10.8. The number of hydrogen-bond donors (Lipinski definition) is 0. The van der Waals surface area contributed by atoms with Gasteiger partial charge in [0.05, 0.1) is 5.88 Å². The van der Waals surface area contributed by atoms with E-state index in [1.54, 1.807) is 0 Å². The van der Waals surface area contributed by atoms with E-state index in [2.05, 4.69) is 9.47 Å². The Hall–Kier alpha value is -0.320. The van der Waals surface area contributed by atoms with Gasteiger partial charge in [0.1, 0.15) is 0 Å². The lowest BCUT2D eigenvalue weighted by atomic mass is 10.3. The maximum atomic E-state index is 10.8. The fourth-order valence-corrected chi connectivity index (χ4v) is 0.763. The Balaban J connectivity index is 3.84. The zero-order valence-corrected chi connectivity index (χ0v) is 7.89. The molecule has 0 aromatic rings. The van der Waals surface area contributed by atoms with E-state index in [4.69, 9.17) is 23.2 Å². The van der Waals surface area contributed by atoms with Crippen LogP contribution in [0.4, 0.5) is 0 Å². The van der Waals surface area contributed by atoms with Crippen molar-refractivity contribution in [2.45, 2.75) is 5.38 Å². The molecule has 0 radical (unpaired) electrons. The normalized spacial score (nSPS) is 12.2. The molecule has 0 rings (SSSR count). The zero-order chi connectivity index (χ0) is 9.56. The molecule has 1 atom stereocenters. The van der Waals surface area contributed by atoms with Crippen LogP contribution in [0.2, 0.25) is 0 Å². The van der Waals surface area contributed by atoms with Crippen molar-refractivity contribution in [3.05, 3.63) is 0 Å². The molecule has 0 heterocycles. The van der Waals surface area contributed by atoms with Gasteiger partial charge in [0.2, 0.25) is 0 Å². The van der Waals surface area contributed by atoms with Crippen LogP contribution < -0.4 is 0 Å². The molecule has 12 heavy (non-hydrogen) atoms. The third-order valence-corrected chi connectivity index (χ3v) is 1.63. The molecular formula is C6H8Cl2O4. The van der Waals surface area contributed by atoms with Crippen molar-refractivity contribution in [1.82, 2.24) is 0 Å². The molecule has 0 bridgehead atoms. The first kappa shape index (κ1) is 11.7. The Bertz CT molecular complexity index is 171. The largest absolute Gasteiger partial charge is 0.437 e. The lowest BCUT2D eigenvalue weighted by Crippen LogP contribution is -2.28. The van der Waals surface area contributed by atoms with Gasteiger partial charge in [-0.3, -0.25) is 4.79 Å². The van der Waals surface area contributed by atoms with E-state index in [1.165, 1.54) is 7.11 Å². The van der Waals surface area contributed by atoms with E-state index in [9.17, 15) is 9.59 Å². The molecule has 0 fully saturated rings. The van der Waals surface area contributed by atoms with Gasteiger partial charge in [-0.15, -0.1) is 23.2 Å². The number of hydrogen-bond acceptors (Lipinski definition) is 4. The van der Waals surface area contributed by atoms with Crippen molar-refractivity contribution in [2.24, 2.45) is 0 Å². The molecule has 0 N–H and O–H groups in total. The third kappa shape index (κ3) is 3.90. The minimum absolute atomic E-state index is 0.225. The summed E-state index contributed by atoms with van der Waals surface area (Å²) >= 11 is 10.5. The summed E-state index contributed by atoms with van der Waals surface area (Å²) in [6.07, 6.45) is 0. The van der Waals surface area contributed by atoms with Crippen molar-refractivity contribution in [2.75, 3.05) is 19.8 Å². The van der Waals surface area contributed by atoms with E-state index in [1.807, 2.05) is 0 Å². The second-order valence-electron chi connectivity index (χ2n) is 1.83. The Morgan fingerprint density at radius 3 is 2.50 bits per heavy atom. The summed E-state index contributed by atoms with van der Waals surface area (Å²) < 4.78 is 8.83. The molecule has 0 spiro atoms. The summed E-state index contributed by atoms with van der Waals surface area (Å²) in [7, 11) is 1.35. The predicted molar refractivity (Wildman–Crippen MR) is 43.3 cm³/mol. The predicted octanol–water partition coefficient (Wildman–Crippen LogP) is 0.549. The van der Waals surface area contributed by atoms with Crippen LogP contribution in [0.15, 0.2) is 0 Å². The van der Waals surface area contributed by atoms with Gasteiger partial charge in [0, 0.05) is 7.11 Å². The van der Waals surface area contributed by atoms with Crippen LogP contribution >= 0.6 is 23.2 Å². The van der Waals surface area contributed by atoms with E-state index < -0.39 is 17.1 Å². The van der Waals surface area contributed by atoms with Crippen molar-refractivity contribution in [1.29, 1.82) is 0 Å². The van der Waals surface area contributed by atoms with Crippen molar-refractivity contribution < 1.29 is 19.1 Å². The molecule has 0 aliphatic rings. The molecule has 70 valence electrons. The molecule has 1 unspecified atom stereocenters. The third-order valence-electron chi connectivity index (χ3n) is 0.940. The van der Waals surface area contributed by atoms with Crippen molar-refractivity contribution in [3.8, 4) is 0 Å². The Morgan fingerprint density at radius 1 is 1.50 bits per heavy atom. The highest BCUT2D eigenvalue weighted by Crippen LogP contribution is 2.02. The Morgan fingerprint density at radius 2 is 2.08 bits per heavy atom. The average molecular weight is 215 g/mol. The van der Waals surface area contributed by atoms with Crippen LogP contribution in [0, 0.1) is 0 Å². The fraction of sp³-hybridized carbons (Fsp3) is 0.667. The van der Waals surface area contributed by atoms with Gasteiger partial charge in [-0.1, -0.05) is 0 Å². The quantitative estimate of drug-likeness (QED) is 0.291. The number of carbonyl (C=O) groups is 2. The van der Waals surface area contributed by atoms with Crippen molar-refractivity contribution in [3.63, 3.8) is 0 Å². The number of esters is 1. The Labute approximate surface area is 79.7 Å². The number of ketones is 1. The minimum atomic E-state index is -1.34. The first-order chi connectivity index (χ1) is 5.63. The standard InChI is InChI=1S/C6H8Cl2O4/c1-11-3-12-6(10)5(8)4(9)2-7/h5H,2-3H2,1H3. The van der Waals surface area contributed by atoms with E-state index in [-0.39, 0.29) is 12.7 Å². The fourth-order valence-electron chi connectivity index (χ4n) is 0.389. The second-order valence-corrected chi connectivity index (χ2v) is 2.54. The van der Waals surface area contributed by atoms with Crippen LogP contribution in [-0.4, -0.2) is 36.9 Å². The summed E-state index contributed by atoms with van der Waals surface area (Å²) in [5, 5.41) is -1.34. The summed E-state index contributed by atoms with van der Waals surface area (Å²) in [5.74, 6) is -1.74. The number of Topliss-reactive ketones (excluding diaryl/α,β-unsaturated/α-hetero) is 1. The lowest BCUT2D eigenvalue weighted by molar-refractivity contribution is -0.154. The highest BCUT2D eigenvalue weighted by molar-refractivity contribution is 6.45. The van der Waals surface area contributed by atoms with E-state index in [0.717, 1.165) is 0 Å². The SMILES string of the molecule is COCOC(=O)C(Cl)C(=O)CCl. The number of rotatable bonds is 5. The van der Waals surface area contributed by atoms with Gasteiger partial charge in [-0.05, 0) is 0 Å². The summed E-state index contributed by atoms with van der Waals surface area (Å²) in [6, 6.07) is 0. The molecule has 0 aliphatic heterocycles. The number of alkyl halides is 2. The molecule has 6 heteroatoms. The van der Waals surface area contributed by atoms with Crippen LogP contribution in [0.5, 0.6) is 0 Å². The lowest BCUT2D eigenvalue weighted by Gasteiger charge is -2.05. The number of ether oxygens (including phenoxy) is 2. The zero-order valence-electron chi connectivity index (χ0n) is 6.38. The first-order valence-corrected chi connectivity index (χ1v) is 3.99. The van der Waals surface area contributed by atoms with Gasteiger partial charge >= 0.3 is 5.97 Å². The van der Waals surface area contributed by atoms with Gasteiger partial charge in [0.15, 0.2) is 18.0 Å². The van der Waals surface area contributed by atoms with Crippen LogP contribution in [0.1, 0.15) is 0 Å². The summed E-state index contributed by atoms with van der Waals surface area (Å²) in [5.41, 5.74) is 0. The van der Waals surface area contributed by atoms with Gasteiger partial charge in [-0.2, -0.15) is 0 Å². The number of halogens is 2. The molecule has 0 amide bonds. The highest BCUT2D eigenvalue weighted by Gasteiger charge is 2.24.